The lowest BCUT2D eigenvalue weighted by Crippen LogP contribution is -2.37. The number of nitrogens with zero attached hydrogens (tertiary/aromatic N) is 1. The number of ether oxygens (including phenoxy) is 2. The Morgan fingerprint density at radius 1 is 1.08 bits per heavy atom. The van der Waals surface area contributed by atoms with Crippen molar-refractivity contribution in [1.29, 1.82) is 0 Å². The minimum absolute atomic E-state index is 0.0246. The highest BCUT2D eigenvalue weighted by Gasteiger charge is 2.43. The van der Waals surface area contributed by atoms with Gasteiger partial charge in [0.2, 0.25) is 0 Å². The molecule has 0 saturated heterocycles. The van der Waals surface area contributed by atoms with Gasteiger partial charge in [-0.15, -0.1) is 0 Å². The summed E-state index contributed by atoms with van der Waals surface area (Å²) < 4.78 is 11.2. The van der Waals surface area contributed by atoms with E-state index in [4.69, 9.17) is 14.5 Å². The number of hydrogen-bond acceptors (Lipinski definition) is 7. The molecule has 2 N–H and O–H groups in total. The molecule has 3 aromatic rings. The van der Waals surface area contributed by atoms with Crippen molar-refractivity contribution in [2.24, 2.45) is 5.41 Å². The Labute approximate surface area is 220 Å². The summed E-state index contributed by atoms with van der Waals surface area (Å²) in [5.74, 6) is 1.77. The van der Waals surface area contributed by atoms with Crippen molar-refractivity contribution in [3.05, 3.63) is 86.3 Å². The van der Waals surface area contributed by atoms with Gasteiger partial charge in [0.1, 0.15) is 17.3 Å². The summed E-state index contributed by atoms with van der Waals surface area (Å²) in [5, 5.41) is 3.91. The molecule has 1 aromatic heterocycles. The lowest BCUT2D eigenvalue weighted by Gasteiger charge is -2.38. The zero-order valence-electron chi connectivity index (χ0n) is 21.7. The third-order valence-corrected chi connectivity index (χ3v) is 7.85. The van der Waals surface area contributed by atoms with Crippen LogP contribution in [0.1, 0.15) is 54.9 Å². The van der Waals surface area contributed by atoms with Crippen molar-refractivity contribution in [2.45, 2.75) is 50.4 Å². The van der Waals surface area contributed by atoms with E-state index in [0.717, 1.165) is 11.3 Å². The molecule has 0 fully saturated rings. The molecular formula is C29H31N3O4S. The number of rotatable bonds is 6. The molecule has 1 unspecified atom stereocenters. The molecule has 1 atom stereocenters. The van der Waals surface area contributed by atoms with Gasteiger partial charge in [-0.1, -0.05) is 55.4 Å². The Morgan fingerprint density at radius 2 is 1.89 bits per heavy atom. The molecule has 8 heteroatoms. The summed E-state index contributed by atoms with van der Waals surface area (Å²) in [4.78, 5) is 35.0. The molecule has 0 spiro atoms. The highest BCUT2D eigenvalue weighted by molar-refractivity contribution is 7.98. The fourth-order valence-electron chi connectivity index (χ4n) is 5.29. The maximum Gasteiger partial charge on any atom is 0.257 e. The quantitative estimate of drug-likeness (QED) is 0.325. The number of H-pyrrole nitrogens is 1. The third kappa shape index (κ3) is 4.90. The Balaban J connectivity index is 1.64. The number of carbonyl (C=O) groups excluding carboxylic acids is 1. The second-order valence-electron chi connectivity index (χ2n) is 10.4. The number of hydrogen-bond donors (Lipinski definition) is 2. The lowest BCUT2D eigenvalue weighted by molar-refractivity contribution is -0.118. The Hall–Kier alpha value is -3.52. The normalized spacial score (nSPS) is 18.1. The number of aromatic amines is 1. The fraction of sp³-hybridized carbons (Fsp3) is 0.345. The summed E-state index contributed by atoms with van der Waals surface area (Å²) in [7, 11) is 3.18. The number of fused-ring (bicyclic) bond motifs is 1. The summed E-state index contributed by atoms with van der Waals surface area (Å²) in [6.07, 6.45) is 1.08. The van der Waals surface area contributed by atoms with E-state index < -0.39 is 5.92 Å². The molecule has 0 bridgehead atoms. The summed E-state index contributed by atoms with van der Waals surface area (Å²) in [6, 6.07) is 13.7. The fourth-order valence-corrected chi connectivity index (χ4v) is 6.09. The Kier molecular flexibility index (Phi) is 6.62. The standard InChI is InChI=1S/C29H31N3O4S/c1-16-7-6-8-17(11-16)15-37-28-31-26-25(27(34)32-28)23(19-12-18(35-4)9-10-22(19)36-5)24-20(30-26)13-29(2,3)14-21(24)33/h6-12,23H,13-15H2,1-5H3,(H2,30,31,32,34). The molecule has 37 heavy (non-hydrogen) atoms. The number of benzene rings is 2. The van der Waals surface area contributed by atoms with Gasteiger partial charge in [0.15, 0.2) is 10.9 Å². The Bertz CT molecular complexity index is 1470. The number of thioether (sulfide) groups is 1. The molecule has 1 aliphatic heterocycles. The van der Waals surface area contributed by atoms with E-state index in [1.165, 1.54) is 17.3 Å². The maximum absolute atomic E-state index is 13.6. The number of carbonyl (C=O) groups is 1. The molecule has 1 aliphatic carbocycles. The average molecular weight is 518 g/mol. The number of nitrogens with one attached hydrogen (secondary N) is 2. The van der Waals surface area contributed by atoms with Gasteiger partial charge >= 0.3 is 0 Å². The lowest BCUT2D eigenvalue weighted by atomic mass is 9.69. The number of ketones is 1. The van der Waals surface area contributed by atoms with Gasteiger partial charge in [0.25, 0.3) is 5.56 Å². The topological polar surface area (TPSA) is 93.3 Å². The van der Waals surface area contributed by atoms with E-state index >= 15 is 0 Å². The third-order valence-electron chi connectivity index (χ3n) is 6.91. The van der Waals surface area contributed by atoms with Crippen LogP contribution in [0.4, 0.5) is 5.82 Å². The van der Waals surface area contributed by atoms with Gasteiger partial charge < -0.3 is 19.8 Å². The summed E-state index contributed by atoms with van der Waals surface area (Å²) in [5.41, 5.74) is 4.40. The van der Waals surface area contributed by atoms with E-state index in [1.54, 1.807) is 26.4 Å². The van der Waals surface area contributed by atoms with Crippen LogP contribution < -0.4 is 20.3 Å². The van der Waals surface area contributed by atoms with E-state index in [9.17, 15) is 9.59 Å². The van der Waals surface area contributed by atoms with Crippen LogP contribution in [0.3, 0.4) is 0 Å². The van der Waals surface area contributed by atoms with Crippen molar-refractivity contribution in [3.8, 4) is 11.5 Å². The molecule has 0 radical (unpaired) electrons. The van der Waals surface area contributed by atoms with E-state index in [2.05, 4.69) is 49.3 Å². The van der Waals surface area contributed by atoms with Crippen LogP contribution in [0.2, 0.25) is 0 Å². The molecule has 192 valence electrons. The molecular weight excluding hydrogens is 486 g/mol. The zero-order valence-corrected chi connectivity index (χ0v) is 22.5. The molecule has 7 nitrogen and oxygen atoms in total. The predicted molar refractivity (Wildman–Crippen MR) is 146 cm³/mol. The minimum Gasteiger partial charge on any atom is -0.497 e. The van der Waals surface area contributed by atoms with Crippen molar-refractivity contribution >= 4 is 23.4 Å². The van der Waals surface area contributed by atoms with Crippen LogP contribution in [0.5, 0.6) is 11.5 Å². The molecule has 5 rings (SSSR count). The highest BCUT2D eigenvalue weighted by Crippen LogP contribution is 2.49. The van der Waals surface area contributed by atoms with Gasteiger partial charge in [0, 0.05) is 29.0 Å². The second-order valence-corrected chi connectivity index (χ2v) is 11.4. The van der Waals surface area contributed by atoms with Crippen molar-refractivity contribution in [3.63, 3.8) is 0 Å². The maximum atomic E-state index is 13.6. The highest BCUT2D eigenvalue weighted by atomic mass is 32.2. The van der Waals surface area contributed by atoms with E-state index in [0.29, 0.717) is 57.8 Å². The van der Waals surface area contributed by atoms with E-state index in [-0.39, 0.29) is 16.8 Å². The number of aryl methyl sites for hydroxylation is 1. The molecule has 2 aromatic carbocycles. The molecule has 2 aliphatic rings. The van der Waals surface area contributed by atoms with Crippen LogP contribution in [0.15, 0.2) is 63.7 Å². The van der Waals surface area contributed by atoms with Crippen LogP contribution in [0, 0.1) is 12.3 Å². The van der Waals surface area contributed by atoms with Gasteiger partial charge in [-0.05, 0) is 42.5 Å². The predicted octanol–water partition coefficient (Wildman–Crippen LogP) is 5.59. The number of methoxy groups -OCH3 is 2. The van der Waals surface area contributed by atoms with Crippen LogP contribution in [-0.4, -0.2) is 30.0 Å². The second kappa shape index (κ2) is 9.74. The SMILES string of the molecule is COc1ccc(OC)c(C2C3=C(CC(C)(C)CC3=O)Nc3nc(SCc4cccc(C)c4)[nH]c(=O)c32)c1. The number of aromatic nitrogens is 2. The molecule has 2 heterocycles. The van der Waals surface area contributed by atoms with Gasteiger partial charge in [0.05, 0.1) is 25.7 Å². The zero-order chi connectivity index (χ0) is 26.3. The largest absolute Gasteiger partial charge is 0.497 e. The monoisotopic (exact) mass is 517 g/mol. The van der Waals surface area contributed by atoms with Crippen LogP contribution >= 0.6 is 11.8 Å². The Morgan fingerprint density at radius 3 is 2.62 bits per heavy atom. The smallest absolute Gasteiger partial charge is 0.257 e. The van der Waals surface area contributed by atoms with Crippen LogP contribution in [-0.2, 0) is 10.5 Å². The van der Waals surface area contributed by atoms with Gasteiger partial charge in [-0.2, -0.15) is 0 Å². The first kappa shape index (κ1) is 25.1. The van der Waals surface area contributed by atoms with Gasteiger partial charge in [-0.25, -0.2) is 4.98 Å². The van der Waals surface area contributed by atoms with Gasteiger partial charge in [-0.3, -0.25) is 9.59 Å². The summed E-state index contributed by atoms with van der Waals surface area (Å²) in [6.45, 7) is 6.23. The number of Topliss-reactive ketones (excluding diaryl/α,β-unsaturated/α-hetero) is 1. The number of allylic oxidation sites excluding steroid dienone is 2. The van der Waals surface area contributed by atoms with Crippen molar-refractivity contribution in [1.82, 2.24) is 9.97 Å². The van der Waals surface area contributed by atoms with E-state index in [1.807, 2.05) is 12.1 Å². The molecule has 0 saturated carbocycles. The average Bonchev–Trinajstić information content (AvgIpc) is 2.85. The van der Waals surface area contributed by atoms with Crippen LogP contribution in [0.25, 0.3) is 0 Å². The van der Waals surface area contributed by atoms with Crippen molar-refractivity contribution in [2.75, 3.05) is 19.5 Å². The van der Waals surface area contributed by atoms with Crippen molar-refractivity contribution < 1.29 is 14.3 Å². The first-order valence-corrected chi connectivity index (χ1v) is 13.3. The first-order valence-electron chi connectivity index (χ1n) is 12.3. The molecule has 0 amide bonds. The summed E-state index contributed by atoms with van der Waals surface area (Å²) >= 11 is 1.48. The first-order chi connectivity index (χ1) is 17.7. The minimum atomic E-state index is -0.619. The number of anilines is 1.